The van der Waals surface area contributed by atoms with Crippen LogP contribution in [0.15, 0.2) is 29.3 Å². The van der Waals surface area contributed by atoms with Crippen molar-refractivity contribution < 1.29 is 0 Å². The number of benzene rings is 1. The zero-order valence-electron chi connectivity index (χ0n) is 8.16. The van der Waals surface area contributed by atoms with Gasteiger partial charge in [-0.05, 0) is 23.8 Å². The maximum atomic E-state index is 8.48. The van der Waals surface area contributed by atoms with Crippen molar-refractivity contribution in [2.75, 3.05) is 19.0 Å². The molecule has 1 aromatic carbocycles. The van der Waals surface area contributed by atoms with Crippen LogP contribution in [0.2, 0.25) is 0 Å². The molecule has 0 saturated carbocycles. The highest BCUT2D eigenvalue weighted by molar-refractivity contribution is 6.33. The van der Waals surface area contributed by atoms with Crippen molar-refractivity contribution in [3.8, 4) is 6.07 Å². The van der Waals surface area contributed by atoms with Crippen LogP contribution in [-0.2, 0) is 0 Å². The molecule has 0 heterocycles. The third-order valence-electron chi connectivity index (χ3n) is 1.81. The highest BCUT2D eigenvalue weighted by atomic mass is 35.5. The molecule has 2 nitrogen and oxygen atoms in total. The molecule has 0 radical (unpaired) electrons. The van der Waals surface area contributed by atoms with Crippen molar-refractivity contribution in [2.24, 2.45) is 0 Å². The fourth-order valence-electron chi connectivity index (χ4n) is 1.05. The Morgan fingerprint density at radius 1 is 1.36 bits per heavy atom. The third-order valence-corrected chi connectivity index (χ3v) is 2.00. The SMILES string of the molecule is CN(C)c1ccc(/C=C(/Cl)C#N)cc1. The highest BCUT2D eigenvalue weighted by Gasteiger charge is 1.95. The van der Waals surface area contributed by atoms with Crippen LogP contribution in [-0.4, -0.2) is 14.1 Å². The van der Waals surface area contributed by atoms with Gasteiger partial charge < -0.3 is 4.90 Å². The summed E-state index contributed by atoms with van der Waals surface area (Å²) >= 11 is 5.59. The van der Waals surface area contributed by atoms with E-state index in [4.69, 9.17) is 16.9 Å². The number of nitrogens with zero attached hydrogens (tertiary/aromatic N) is 2. The van der Waals surface area contributed by atoms with Crippen LogP contribution in [0.25, 0.3) is 6.08 Å². The largest absolute Gasteiger partial charge is 0.378 e. The Labute approximate surface area is 89.0 Å². The quantitative estimate of drug-likeness (QED) is 0.696. The monoisotopic (exact) mass is 206 g/mol. The van der Waals surface area contributed by atoms with Crippen LogP contribution >= 0.6 is 11.6 Å². The predicted molar refractivity (Wildman–Crippen MR) is 60.2 cm³/mol. The minimum atomic E-state index is 0.197. The van der Waals surface area contributed by atoms with E-state index in [2.05, 4.69) is 0 Å². The normalized spacial score (nSPS) is 10.9. The van der Waals surface area contributed by atoms with E-state index in [1.807, 2.05) is 49.3 Å². The number of hydrogen-bond donors (Lipinski definition) is 0. The van der Waals surface area contributed by atoms with Crippen LogP contribution in [0.3, 0.4) is 0 Å². The standard InChI is InChI=1S/C11H11ClN2/c1-14(2)11-5-3-9(4-6-11)7-10(12)8-13/h3-7H,1-2H3/b10-7+. The molecule has 14 heavy (non-hydrogen) atoms. The molecule has 0 aromatic heterocycles. The summed E-state index contributed by atoms with van der Waals surface area (Å²) in [6, 6.07) is 9.68. The average molecular weight is 207 g/mol. The van der Waals surface area contributed by atoms with Crippen molar-refractivity contribution in [2.45, 2.75) is 0 Å². The van der Waals surface area contributed by atoms with Gasteiger partial charge in [-0.2, -0.15) is 5.26 Å². The smallest absolute Gasteiger partial charge is 0.118 e. The molecule has 0 fully saturated rings. The summed E-state index contributed by atoms with van der Waals surface area (Å²) in [5, 5.41) is 8.68. The molecule has 0 aliphatic carbocycles. The van der Waals surface area contributed by atoms with Gasteiger partial charge in [0.2, 0.25) is 0 Å². The summed E-state index contributed by atoms with van der Waals surface area (Å²) < 4.78 is 0. The Kier molecular flexibility index (Phi) is 3.55. The summed E-state index contributed by atoms with van der Waals surface area (Å²) in [6.45, 7) is 0. The van der Waals surface area contributed by atoms with Gasteiger partial charge in [0.1, 0.15) is 11.1 Å². The first-order valence-electron chi connectivity index (χ1n) is 4.18. The van der Waals surface area contributed by atoms with E-state index in [1.165, 1.54) is 0 Å². The predicted octanol–water partition coefficient (Wildman–Crippen LogP) is 2.86. The van der Waals surface area contributed by atoms with Gasteiger partial charge in [-0.15, -0.1) is 0 Å². The lowest BCUT2D eigenvalue weighted by Crippen LogP contribution is -2.07. The molecule has 72 valence electrons. The zero-order chi connectivity index (χ0) is 10.6. The Bertz CT molecular complexity index is 371. The topological polar surface area (TPSA) is 27.0 Å². The second-order valence-corrected chi connectivity index (χ2v) is 3.50. The van der Waals surface area contributed by atoms with Crippen LogP contribution in [0, 0.1) is 11.3 Å². The molecular formula is C11H11ClN2. The molecule has 0 aliphatic heterocycles. The fourth-order valence-corrected chi connectivity index (χ4v) is 1.17. The second kappa shape index (κ2) is 4.69. The van der Waals surface area contributed by atoms with Gasteiger partial charge in [0.25, 0.3) is 0 Å². The molecule has 0 unspecified atom stereocenters. The maximum Gasteiger partial charge on any atom is 0.118 e. The minimum Gasteiger partial charge on any atom is -0.378 e. The second-order valence-electron chi connectivity index (χ2n) is 3.09. The first-order valence-corrected chi connectivity index (χ1v) is 4.56. The van der Waals surface area contributed by atoms with E-state index >= 15 is 0 Å². The molecule has 3 heteroatoms. The van der Waals surface area contributed by atoms with Crippen molar-refractivity contribution >= 4 is 23.4 Å². The molecule has 0 amide bonds. The van der Waals surface area contributed by atoms with Crippen LogP contribution in [0.1, 0.15) is 5.56 Å². The first-order chi connectivity index (χ1) is 6.63. The summed E-state index contributed by atoms with van der Waals surface area (Å²) in [5.74, 6) is 0. The van der Waals surface area contributed by atoms with E-state index in [1.54, 1.807) is 6.08 Å². The van der Waals surface area contributed by atoms with E-state index in [9.17, 15) is 0 Å². The number of halogens is 1. The van der Waals surface area contributed by atoms with Gasteiger partial charge in [0, 0.05) is 19.8 Å². The van der Waals surface area contributed by atoms with Gasteiger partial charge in [-0.3, -0.25) is 0 Å². The molecule has 0 N–H and O–H groups in total. The Morgan fingerprint density at radius 2 is 1.93 bits per heavy atom. The van der Waals surface area contributed by atoms with Gasteiger partial charge in [0.05, 0.1) is 0 Å². The van der Waals surface area contributed by atoms with Gasteiger partial charge in [-0.1, -0.05) is 23.7 Å². The van der Waals surface area contributed by atoms with Crippen molar-refractivity contribution in [3.05, 3.63) is 34.9 Å². The van der Waals surface area contributed by atoms with Gasteiger partial charge in [0.15, 0.2) is 0 Å². The fraction of sp³-hybridized carbons (Fsp3) is 0.182. The van der Waals surface area contributed by atoms with Crippen molar-refractivity contribution in [3.63, 3.8) is 0 Å². The molecule has 0 aliphatic rings. The zero-order valence-corrected chi connectivity index (χ0v) is 8.92. The molecule has 0 bridgehead atoms. The molecule has 1 rings (SSSR count). The van der Waals surface area contributed by atoms with Crippen LogP contribution in [0.5, 0.6) is 0 Å². The van der Waals surface area contributed by atoms with Gasteiger partial charge in [-0.25, -0.2) is 0 Å². The Morgan fingerprint density at radius 3 is 2.36 bits per heavy atom. The number of hydrogen-bond acceptors (Lipinski definition) is 2. The highest BCUT2D eigenvalue weighted by Crippen LogP contribution is 2.15. The average Bonchev–Trinajstić information content (AvgIpc) is 2.18. The molecule has 0 saturated heterocycles. The summed E-state index contributed by atoms with van der Waals surface area (Å²) in [6.07, 6.45) is 1.64. The van der Waals surface area contributed by atoms with Crippen molar-refractivity contribution in [1.82, 2.24) is 0 Å². The lowest BCUT2D eigenvalue weighted by molar-refractivity contribution is 1.13. The summed E-state index contributed by atoms with van der Waals surface area (Å²) in [4.78, 5) is 2.01. The molecular weight excluding hydrogens is 196 g/mol. The molecule has 1 aromatic rings. The van der Waals surface area contributed by atoms with Crippen LogP contribution in [0.4, 0.5) is 5.69 Å². The Hall–Kier alpha value is -1.46. The summed E-state index contributed by atoms with van der Waals surface area (Å²) in [5.41, 5.74) is 2.05. The Balaban J connectivity index is 2.90. The van der Waals surface area contributed by atoms with E-state index in [-0.39, 0.29) is 5.03 Å². The van der Waals surface area contributed by atoms with Gasteiger partial charge >= 0.3 is 0 Å². The molecule has 0 atom stereocenters. The number of rotatable bonds is 2. The van der Waals surface area contributed by atoms with E-state index < -0.39 is 0 Å². The lowest BCUT2D eigenvalue weighted by Gasteiger charge is -2.11. The van der Waals surface area contributed by atoms with E-state index in [0.29, 0.717) is 0 Å². The molecule has 0 spiro atoms. The maximum absolute atomic E-state index is 8.48. The number of nitriles is 1. The minimum absolute atomic E-state index is 0.197. The summed E-state index contributed by atoms with van der Waals surface area (Å²) in [7, 11) is 3.96. The van der Waals surface area contributed by atoms with Crippen LogP contribution < -0.4 is 4.90 Å². The first kappa shape index (κ1) is 10.6. The van der Waals surface area contributed by atoms with E-state index in [0.717, 1.165) is 11.3 Å². The lowest BCUT2D eigenvalue weighted by atomic mass is 10.2. The number of allylic oxidation sites excluding steroid dienone is 1. The number of anilines is 1. The van der Waals surface area contributed by atoms with Crippen molar-refractivity contribution in [1.29, 1.82) is 5.26 Å². The third kappa shape index (κ3) is 2.79.